The molecule has 0 amide bonds. The second-order valence-corrected chi connectivity index (χ2v) is 7.05. The van der Waals surface area contributed by atoms with E-state index in [1.54, 1.807) is 0 Å². The van der Waals surface area contributed by atoms with Gasteiger partial charge in [0.25, 0.3) is 0 Å². The van der Waals surface area contributed by atoms with Gasteiger partial charge in [0, 0.05) is 51.0 Å². The highest BCUT2D eigenvalue weighted by Crippen LogP contribution is 2.13. The quantitative estimate of drug-likeness (QED) is 0.811. The minimum atomic E-state index is 0.227. The zero-order chi connectivity index (χ0) is 15.9. The van der Waals surface area contributed by atoms with Crippen molar-refractivity contribution in [3.63, 3.8) is 0 Å². The van der Waals surface area contributed by atoms with E-state index in [0.29, 0.717) is 5.92 Å². The van der Waals surface area contributed by atoms with Crippen molar-refractivity contribution in [2.24, 2.45) is 11.7 Å². The van der Waals surface area contributed by atoms with Crippen LogP contribution in [0.15, 0.2) is 24.3 Å². The van der Waals surface area contributed by atoms with E-state index >= 15 is 0 Å². The molecule has 124 valence electrons. The molecule has 4 heteroatoms. The summed E-state index contributed by atoms with van der Waals surface area (Å²) >= 11 is 0. The number of hydrogen-bond donors (Lipinski definition) is 2. The molecule has 0 spiro atoms. The maximum Gasteiger partial charge on any atom is 0.0340 e. The van der Waals surface area contributed by atoms with Gasteiger partial charge in [0.05, 0.1) is 0 Å². The summed E-state index contributed by atoms with van der Waals surface area (Å²) in [7, 11) is 2.20. The smallest absolute Gasteiger partial charge is 0.0340 e. The Hall–Kier alpha value is -1.10. The van der Waals surface area contributed by atoms with Crippen LogP contribution in [-0.4, -0.2) is 55.6 Å². The first-order chi connectivity index (χ1) is 10.5. The van der Waals surface area contributed by atoms with Crippen LogP contribution >= 0.6 is 0 Å². The largest absolute Gasteiger partial charge is 0.383 e. The molecule has 0 bridgehead atoms. The Bertz CT molecular complexity index is 421. The Morgan fingerprint density at radius 1 is 1.09 bits per heavy atom. The first-order valence-corrected chi connectivity index (χ1v) is 8.52. The van der Waals surface area contributed by atoms with Gasteiger partial charge in [-0.1, -0.05) is 26.0 Å². The predicted molar refractivity (Wildman–Crippen MR) is 95.1 cm³/mol. The van der Waals surface area contributed by atoms with Crippen molar-refractivity contribution in [3.05, 3.63) is 29.8 Å². The molecule has 2 rings (SSSR count). The molecule has 4 nitrogen and oxygen atoms in total. The van der Waals surface area contributed by atoms with Crippen LogP contribution in [0.1, 0.15) is 25.8 Å². The van der Waals surface area contributed by atoms with E-state index in [9.17, 15) is 0 Å². The highest BCUT2D eigenvalue weighted by molar-refractivity contribution is 5.44. The molecule has 1 aromatic rings. The third kappa shape index (κ3) is 5.95. The van der Waals surface area contributed by atoms with Crippen LogP contribution in [0.2, 0.25) is 0 Å². The monoisotopic (exact) mass is 304 g/mol. The molecule has 1 unspecified atom stereocenters. The SMILES string of the molecule is CC(C)CC(N)CNc1ccc(CN2CCN(C)CC2)cc1. The van der Waals surface area contributed by atoms with Crippen LogP contribution in [0.5, 0.6) is 0 Å². The van der Waals surface area contributed by atoms with Crippen LogP contribution in [-0.2, 0) is 6.54 Å². The van der Waals surface area contributed by atoms with Crippen LogP contribution in [0.4, 0.5) is 5.69 Å². The number of nitrogens with two attached hydrogens (primary N) is 1. The molecule has 0 radical (unpaired) electrons. The fraction of sp³-hybridized carbons (Fsp3) is 0.667. The minimum Gasteiger partial charge on any atom is -0.383 e. The van der Waals surface area contributed by atoms with E-state index in [1.165, 1.54) is 37.4 Å². The number of rotatable bonds is 7. The van der Waals surface area contributed by atoms with E-state index in [2.05, 4.69) is 60.3 Å². The fourth-order valence-electron chi connectivity index (χ4n) is 2.93. The highest BCUT2D eigenvalue weighted by Gasteiger charge is 2.13. The van der Waals surface area contributed by atoms with Gasteiger partial charge in [0.2, 0.25) is 0 Å². The van der Waals surface area contributed by atoms with E-state index in [-0.39, 0.29) is 6.04 Å². The minimum absolute atomic E-state index is 0.227. The lowest BCUT2D eigenvalue weighted by atomic mass is 10.0. The lowest BCUT2D eigenvalue weighted by Crippen LogP contribution is -2.43. The number of likely N-dealkylation sites (N-methyl/N-ethyl adjacent to an activating group) is 1. The molecule has 1 aliphatic heterocycles. The van der Waals surface area contributed by atoms with Gasteiger partial charge in [-0.15, -0.1) is 0 Å². The molecule has 1 aromatic carbocycles. The van der Waals surface area contributed by atoms with Crippen LogP contribution in [0.3, 0.4) is 0 Å². The van der Waals surface area contributed by atoms with Crippen LogP contribution < -0.4 is 11.1 Å². The Morgan fingerprint density at radius 3 is 2.32 bits per heavy atom. The summed E-state index contributed by atoms with van der Waals surface area (Å²) in [5.41, 5.74) is 8.67. The molecule has 1 fully saturated rings. The number of hydrogen-bond acceptors (Lipinski definition) is 4. The molecule has 1 atom stereocenters. The topological polar surface area (TPSA) is 44.5 Å². The standard InChI is InChI=1S/C18H32N4/c1-15(2)12-17(19)13-20-18-6-4-16(5-7-18)14-22-10-8-21(3)9-11-22/h4-7,15,17,20H,8-14,19H2,1-3H3. The number of anilines is 1. The van der Waals surface area contributed by atoms with Gasteiger partial charge in [-0.3, -0.25) is 4.90 Å². The number of nitrogens with zero attached hydrogens (tertiary/aromatic N) is 2. The molecule has 0 aliphatic carbocycles. The normalized spacial score (nSPS) is 18.6. The molecule has 1 saturated heterocycles. The summed E-state index contributed by atoms with van der Waals surface area (Å²) in [6.07, 6.45) is 1.06. The Kier molecular flexibility index (Phi) is 6.68. The highest BCUT2D eigenvalue weighted by atomic mass is 15.2. The lowest BCUT2D eigenvalue weighted by molar-refractivity contribution is 0.148. The van der Waals surface area contributed by atoms with Gasteiger partial charge in [-0.2, -0.15) is 0 Å². The molecular formula is C18H32N4. The van der Waals surface area contributed by atoms with Crippen molar-refractivity contribution < 1.29 is 0 Å². The summed E-state index contributed by atoms with van der Waals surface area (Å²) in [4.78, 5) is 4.92. The van der Waals surface area contributed by atoms with E-state index in [4.69, 9.17) is 5.73 Å². The van der Waals surface area contributed by atoms with Crippen molar-refractivity contribution in [3.8, 4) is 0 Å². The van der Waals surface area contributed by atoms with Crippen LogP contribution in [0, 0.1) is 5.92 Å². The Morgan fingerprint density at radius 2 is 1.73 bits per heavy atom. The van der Waals surface area contributed by atoms with Gasteiger partial charge in [-0.25, -0.2) is 0 Å². The Balaban J connectivity index is 1.75. The van der Waals surface area contributed by atoms with Gasteiger partial charge >= 0.3 is 0 Å². The summed E-state index contributed by atoms with van der Waals surface area (Å²) < 4.78 is 0. The third-order valence-corrected chi connectivity index (χ3v) is 4.30. The van der Waals surface area contributed by atoms with E-state index < -0.39 is 0 Å². The maximum atomic E-state index is 6.11. The van der Waals surface area contributed by atoms with Crippen molar-refractivity contribution in [1.29, 1.82) is 0 Å². The average molecular weight is 304 g/mol. The summed E-state index contributed by atoms with van der Waals surface area (Å²) in [6.45, 7) is 11.0. The number of benzene rings is 1. The van der Waals surface area contributed by atoms with Crippen molar-refractivity contribution >= 4 is 5.69 Å². The number of piperazine rings is 1. The average Bonchev–Trinajstić information content (AvgIpc) is 2.48. The first kappa shape index (κ1) is 17.3. The zero-order valence-corrected chi connectivity index (χ0v) is 14.4. The van der Waals surface area contributed by atoms with Crippen LogP contribution in [0.25, 0.3) is 0 Å². The number of nitrogens with one attached hydrogen (secondary N) is 1. The summed E-state index contributed by atoms with van der Waals surface area (Å²) in [6, 6.07) is 9.04. The molecule has 0 aromatic heterocycles. The molecular weight excluding hydrogens is 272 g/mol. The predicted octanol–water partition coefficient (Wildman–Crippen LogP) is 2.22. The summed E-state index contributed by atoms with van der Waals surface area (Å²) in [5.74, 6) is 0.655. The van der Waals surface area contributed by atoms with E-state index in [1.807, 2.05) is 0 Å². The van der Waals surface area contributed by atoms with Gasteiger partial charge < -0.3 is 16.0 Å². The van der Waals surface area contributed by atoms with Gasteiger partial charge in [0.15, 0.2) is 0 Å². The Labute approximate surface area is 135 Å². The fourth-order valence-corrected chi connectivity index (χ4v) is 2.93. The first-order valence-electron chi connectivity index (χ1n) is 8.52. The van der Waals surface area contributed by atoms with E-state index in [0.717, 1.165) is 19.5 Å². The van der Waals surface area contributed by atoms with Gasteiger partial charge in [0.1, 0.15) is 0 Å². The lowest BCUT2D eigenvalue weighted by Gasteiger charge is -2.32. The second kappa shape index (κ2) is 8.51. The third-order valence-electron chi connectivity index (χ3n) is 4.30. The summed E-state index contributed by atoms with van der Waals surface area (Å²) in [5, 5.41) is 3.44. The zero-order valence-electron chi connectivity index (χ0n) is 14.4. The second-order valence-electron chi connectivity index (χ2n) is 7.05. The molecule has 22 heavy (non-hydrogen) atoms. The van der Waals surface area contributed by atoms with Crippen molar-refractivity contribution in [1.82, 2.24) is 9.80 Å². The van der Waals surface area contributed by atoms with Crippen molar-refractivity contribution in [2.45, 2.75) is 32.9 Å². The molecule has 1 aliphatic rings. The molecule has 1 heterocycles. The molecule has 0 saturated carbocycles. The van der Waals surface area contributed by atoms with Gasteiger partial charge in [-0.05, 0) is 37.1 Å². The molecule has 3 N–H and O–H groups in total. The maximum absolute atomic E-state index is 6.11. The van der Waals surface area contributed by atoms with Crippen molar-refractivity contribution in [2.75, 3.05) is 45.1 Å².